The first-order valence-electron chi connectivity index (χ1n) is 9.66. The Morgan fingerprint density at radius 1 is 1.29 bits per heavy atom. The quantitative estimate of drug-likeness (QED) is 0.412. The van der Waals surface area contributed by atoms with Crippen LogP contribution in [-0.4, -0.2) is 70.6 Å². The number of nitrogens with zero attached hydrogens (tertiary/aromatic N) is 5. The van der Waals surface area contributed by atoms with E-state index >= 15 is 0 Å². The number of anilines is 2. The highest BCUT2D eigenvalue weighted by molar-refractivity contribution is 6.00. The van der Waals surface area contributed by atoms with Gasteiger partial charge in [-0.25, -0.2) is 5.43 Å². The summed E-state index contributed by atoms with van der Waals surface area (Å²) in [7, 11) is 1.53. The first kappa shape index (κ1) is 22.0. The lowest BCUT2D eigenvalue weighted by Crippen LogP contribution is -2.37. The standard InChI is InChI=1S/C18H21N7O2.C2H4O2/c1-12-14(13-5-3-4-6-15(13)20-12)11-19-24-16-21-17(23-18(22-16)26-2)25-7-9-27-10-8-25;1-2(3)4/h3-6,11,20H,7-10H2,1-2H3,(H,21,22,23,24);1H3,(H,3,4). The van der Waals surface area contributed by atoms with Crippen LogP contribution in [0.2, 0.25) is 0 Å². The zero-order chi connectivity index (χ0) is 22.2. The minimum absolute atomic E-state index is 0.243. The van der Waals surface area contributed by atoms with Crippen LogP contribution in [0.3, 0.4) is 0 Å². The van der Waals surface area contributed by atoms with E-state index in [0.717, 1.165) is 42.2 Å². The molecule has 0 bridgehead atoms. The number of hydrogen-bond acceptors (Lipinski definition) is 9. The Kier molecular flexibility index (Phi) is 7.33. The van der Waals surface area contributed by atoms with E-state index in [1.165, 1.54) is 7.11 Å². The summed E-state index contributed by atoms with van der Waals surface area (Å²) in [5, 5.41) is 12.8. The van der Waals surface area contributed by atoms with E-state index in [1.807, 2.05) is 30.0 Å². The topological polar surface area (TPSA) is 138 Å². The average Bonchev–Trinajstić information content (AvgIpc) is 3.09. The number of H-pyrrole nitrogens is 1. The van der Waals surface area contributed by atoms with Crippen molar-refractivity contribution in [2.45, 2.75) is 13.8 Å². The third-order valence-corrected chi connectivity index (χ3v) is 4.38. The summed E-state index contributed by atoms with van der Waals surface area (Å²) in [5.41, 5.74) is 6.03. The molecule has 0 amide bonds. The summed E-state index contributed by atoms with van der Waals surface area (Å²) >= 11 is 0. The molecule has 3 N–H and O–H groups in total. The Morgan fingerprint density at radius 3 is 2.71 bits per heavy atom. The average molecular weight is 427 g/mol. The molecule has 0 aliphatic carbocycles. The Labute approximate surface area is 179 Å². The molecule has 1 aliphatic heterocycles. The van der Waals surface area contributed by atoms with Gasteiger partial charge in [0, 0.05) is 42.2 Å². The Balaban J connectivity index is 0.000000628. The van der Waals surface area contributed by atoms with E-state index in [0.29, 0.717) is 25.1 Å². The van der Waals surface area contributed by atoms with Gasteiger partial charge in [0.05, 0.1) is 26.5 Å². The summed E-state index contributed by atoms with van der Waals surface area (Å²) in [4.78, 5) is 27.4. The maximum Gasteiger partial charge on any atom is 0.322 e. The SMILES string of the molecule is CC(=O)O.COc1nc(NN=Cc2c(C)[nH]c3ccccc23)nc(N2CCOCC2)n1. The van der Waals surface area contributed by atoms with Crippen molar-refractivity contribution < 1.29 is 19.4 Å². The minimum Gasteiger partial charge on any atom is -0.481 e. The van der Waals surface area contributed by atoms with Crippen molar-refractivity contribution >= 4 is 35.0 Å². The third-order valence-electron chi connectivity index (χ3n) is 4.38. The predicted octanol–water partition coefficient (Wildman–Crippen LogP) is 2.04. The first-order chi connectivity index (χ1) is 15.0. The number of aromatic nitrogens is 4. The van der Waals surface area contributed by atoms with E-state index in [-0.39, 0.29) is 6.01 Å². The zero-order valence-corrected chi connectivity index (χ0v) is 17.6. The third kappa shape index (κ3) is 5.89. The number of aromatic amines is 1. The fourth-order valence-corrected chi connectivity index (χ4v) is 3.01. The summed E-state index contributed by atoms with van der Waals surface area (Å²) in [5.74, 6) is 0.0446. The fourth-order valence-electron chi connectivity index (χ4n) is 3.01. The molecule has 3 aromatic rings. The lowest BCUT2D eigenvalue weighted by Gasteiger charge is -2.26. The molecule has 1 aliphatic rings. The number of carbonyl (C=O) groups is 1. The van der Waals surface area contributed by atoms with E-state index in [1.54, 1.807) is 6.21 Å². The summed E-state index contributed by atoms with van der Waals surface area (Å²) in [6.45, 7) is 5.85. The second kappa shape index (κ2) is 10.3. The van der Waals surface area contributed by atoms with Gasteiger partial charge in [-0.15, -0.1) is 0 Å². The second-order valence-corrected chi connectivity index (χ2v) is 6.64. The molecule has 1 aromatic carbocycles. The zero-order valence-electron chi connectivity index (χ0n) is 17.6. The number of carboxylic acids is 1. The lowest BCUT2D eigenvalue weighted by atomic mass is 10.1. The summed E-state index contributed by atoms with van der Waals surface area (Å²) in [6.07, 6.45) is 1.76. The van der Waals surface area contributed by atoms with Crippen LogP contribution < -0.4 is 15.1 Å². The normalized spacial score (nSPS) is 13.7. The Hall–Kier alpha value is -3.73. The van der Waals surface area contributed by atoms with Gasteiger partial charge in [-0.2, -0.15) is 20.1 Å². The molecule has 0 unspecified atom stereocenters. The van der Waals surface area contributed by atoms with E-state index in [4.69, 9.17) is 19.4 Å². The number of morpholine rings is 1. The number of aliphatic carboxylic acids is 1. The van der Waals surface area contributed by atoms with Crippen LogP contribution in [0.4, 0.5) is 11.9 Å². The number of hydrogen-bond donors (Lipinski definition) is 3. The Bertz CT molecular complexity index is 1060. The number of aryl methyl sites for hydroxylation is 1. The number of ether oxygens (including phenoxy) is 2. The van der Waals surface area contributed by atoms with E-state index in [9.17, 15) is 0 Å². The monoisotopic (exact) mass is 427 g/mol. The molecule has 0 saturated carbocycles. The maximum absolute atomic E-state index is 9.00. The molecule has 0 radical (unpaired) electrons. The van der Waals surface area contributed by atoms with E-state index in [2.05, 4.69) is 36.5 Å². The summed E-state index contributed by atoms with van der Waals surface area (Å²) in [6, 6.07) is 8.35. The van der Waals surface area contributed by atoms with Gasteiger partial charge in [0.25, 0.3) is 11.9 Å². The Morgan fingerprint density at radius 2 is 2.00 bits per heavy atom. The van der Waals surface area contributed by atoms with Crippen LogP contribution in [0.25, 0.3) is 10.9 Å². The largest absolute Gasteiger partial charge is 0.481 e. The molecule has 1 saturated heterocycles. The smallest absolute Gasteiger partial charge is 0.322 e. The lowest BCUT2D eigenvalue weighted by molar-refractivity contribution is -0.134. The van der Waals surface area contributed by atoms with E-state index < -0.39 is 5.97 Å². The molecule has 1 fully saturated rings. The highest BCUT2D eigenvalue weighted by Crippen LogP contribution is 2.20. The molecule has 164 valence electrons. The van der Waals surface area contributed by atoms with Crippen LogP contribution in [-0.2, 0) is 9.53 Å². The number of hydrazone groups is 1. The van der Waals surface area contributed by atoms with Gasteiger partial charge in [0.15, 0.2) is 0 Å². The molecule has 0 atom stereocenters. The number of para-hydroxylation sites is 1. The number of benzene rings is 1. The molecular formula is C20H25N7O4. The molecule has 11 heteroatoms. The predicted molar refractivity (Wildman–Crippen MR) is 117 cm³/mol. The molecule has 3 heterocycles. The fraction of sp³-hybridized carbons (Fsp3) is 0.350. The number of carboxylic acid groups (broad SMARTS) is 1. The van der Waals surface area contributed by atoms with Gasteiger partial charge in [-0.05, 0) is 13.0 Å². The number of rotatable bonds is 5. The van der Waals surface area contributed by atoms with Gasteiger partial charge in [-0.1, -0.05) is 18.2 Å². The number of nitrogens with one attached hydrogen (secondary N) is 2. The van der Waals surface area contributed by atoms with Crippen molar-refractivity contribution in [3.05, 3.63) is 35.5 Å². The number of methoxy groups -OCH3 is 1. The number of fused-ring (bicyclic) bond motifs is 1. The van der Waals surface area contributed by atoms with Gasteiger partial charge in [-0.3, -0.25) is 4.79 Å². The molecule has 2 aromatic heterocycles. The van der Waals surface area contributed by atoms with Crippen LogP contribution in [0.1, 0.15) is 18.2 Å². The maximum atomic E-state index is 9.00. The van der Waals surface area contributed by atoms with Crippen molar-refractivity contribution in [1.29, 1.82) is 0 Å². The molecule has 4 rings (SSSR count). The van der Waals surface area contributed by atoms with Crippen molar-refractivity contribution in [3.8, 4) is 6.01 Å². The first-order valence-corrected chi connectivity index (χ1v) is 9.66. The van der Waals surface area contributed by atoms with Gasteiger partial charge >= 0.3 is 6.01 Å². The highest BCUT2D eigenvalue weighted by atomic mass is 16.5. The van der Waals surface area contributed by atoms with Crippen LogP contribution in [0.5, 0.6) is 6.01 Å². The van der Waals surface area contributed by atoms with Crippen LogP contribution in [0, 0.1) is 6.92 Å². The van der Waals surface area contributed by atoms with Crippen molar-refractivity contribution in [3.63, 3.8) is 0 Å². The van der Waals surface area contributed by atoms with Crippen molar-refractivity contribution in [2.75, 3.05) is 43.7 Å². The van der Waals surface area contributed by atoms with Gasteiger partial charge < -0.3 is 24.5 Å². The molecule has 11 nitrogen and oxygen atoms in total. The van der Waals surface area contributed by atoms with Crippen LogP contribution >= 0.6 is 0 Å². The molecule has 0 spiro atoms. The van der Waals surface area contributed by atoms with Crippen molar-refractivity contribution in [2.24, 2.45) is 5.10 Å². The minimum atomic E-state index is -0.833. The second-order valence-electron chi connectivity index (χ2n) is 6.64. The van der Waals surface area contributed by atoms with Crippen molar-refractivity contribution in [1.82, 2.24) is 19.9 Å². The molecule has 31 heavy (non-hydrogen) atoms. The van der Waals surface area contributed by atoms with Gasteiger partial charge in [0.1, 0.15) is 0 Å². The summed E-state index contributed by atoms with van der Waals surface area (Å²) < 4.78 is 10.6. The van der Waals surface area contributed by atoms with Gasteiger partial charge in [0.2, 0.25) is 5.95 Å². The van der Waals surface area contributed by atoms with Crippen LogP contribution in [0.15, 0.2) is 29.4 Å². The highest BCUT2D eigenvalue weighted by Gasteiger charge is 2.16. The molecular weight excluding hydrogens is 402 g/mol.